The van der Waals surface area contributed by atoms with E-state index in [0.29, 0.717) is 23.9 Å². The fraction of sp³-hybridized carbons (Fsp3) is 0.500. The number of hydrogen-bond donors (Lipinski definition) is 1. The molecule has 1 aliphatic heterocycles. The van der Waals surface area contributed by atoms with Crippen molar-refractivity contribution in [3.05, 3.63) is 28.5 Å². The zero-order chi connectivity index (χ0) is 12.4. The molecule has 4 nitrogen and oxygen atoms in total. The van der Waals surface area contributed by atoms with Crippen LogP contribution in [0, 0.1) is 0 Å². The lowest BCUT2D eigenvalue weighted by molar-refractivity contribution is -0.00346. The molecule has 92 valence electrons. The smallest absolute Gasteiger partial charge is 0.251 e. The van der Waals surface area contributed by atoms with Crippen molar-refractivity contribution in [2.24, 2.45) is 0 Å². The van der Waals surface area contributed by atoms with Gasteiger partial charge in [-0.15, -0.1) is 0 Å². The highest BCUT2D eigenvalue weighted by molar-refractivity contribution is 6.29. The first kappa shape index (κ1) is 12.3. The number of nitrogens with one attached hydrogen (secondary N) is 1. The molecular formula is C12H15ClN2O2. The van der Waals surface area contributed by atoms with Crippen molar-refractivity contribution >= 4 is 17.5 Å². The van der Waals surface area contributed by atoms with Gasteiger partial charge in [-0.3, -0.25) is 4.79 Å². The summed E-state index contributed by atoms with van der Waals surface area (Å²) in [5.41, 5.74) is 1.38. The average molecular weight is 255 g/mol. The van der Waals surface area contributed by atoms with E-state index in [1.54, 1.807) is 12.1 Å². The van der Waals surface area contributed by atoms with Crippen molar-refractivity contribution < 1.29 is 9.53 Å². The number of nitrogens with zero attached hydrogens (tertiary/aromatic N) is 1. The number of rotatable bonds is 3. The number of halogens is 1. The molecule has 1 aromatic heterocycles. The van der Waals surface area contributed by atoms with Gasteiger partial charge in [-0.25, -0.2) is 4.98 Å². The van der Waals surface area contributed by atoms with E-state index in [2.05, 4.69) is 10.3 Å². The summed E-state index contributed by atoms with van der Waals surface area (Å²) in [6.07, 6.45) is 0. The Kier molecular flexibility index (Phi) is 3.64. The summed E-state index contributed by atoms with van der Waals surface area (Å²) in [6.45, 7) is 5.20. The van der Waals surface area contributed by atoms with E-state index < -0.39 is 0 Å². The zero-order valence-corrected chi connectivity index (χ0v) is 10.6. The van der Waals surface area contributed by atoms with Gasteiger partial charge in [0.1, 0.15) is 5.15 Å². The third kappa shape index (κ3) is 2.96. The summed E-state index contributed by atoms with van der Waals surface area (Å²) < 4.78 is 5.00. The van der Waals surface area contributed by atoms with Crippen LogP contribution in [0.15, 0.2) is 12.1 Å². The summed E-state index contributed by atoms with van der Waals surface area (Å²) in [6, 6.07) is 3.49. The van der Waals surface area contributed by atoms with Crippen LogP contribution in [0.25, 0.3) is 0 Å². The molecule has 1 aliphatic rings. The second kappa shape index (κ2) is 5.02. The molecule has 0 saturated carbocycles. The number of aromatic nitrogens is 1. The first-order chi connectivity index (χ1) is 8.06. The normalized spacial score (nSPS) is 15.8. The van der Waals surface area contributed by atoms with Crippen LogP contribution < -0.4 is 5.32 Å². The Balaban J connectivity index is 2.15. The van der Waals surface area contributed by atoms with Crippen molar-refractivity contribution in [1.29, 1.82) is 0 Å². The van der Waals surface area contributed by atoms with Crippen molar-refractivity contribution in [2.75, 3.05) is 13.2 Å². The maximum atomic E-state index is 11.9. The Morgan fingerprint density at radius 2 is 2.24 bits per heavy atom. The number of pyridine rings is 1. The molecule has 0 bridgehead atoms. The van der Waals surface area contributed by atoms with E-state index in [4.69, 9.17) is 16.3 Å². The molecule has 0 radical (unpaired) electrons. The van der Waals surface area contributed by atoms with Gasteiger partial charge in [0, 0.05) is 11.3 Å². The van der Waals surface area contributed by atoms with Crippen molar-refractivity contribution in [1.82, 2.24) is 10.3 Å². The average Bonchev–Trinajstić information content (AvgIpc) is 2.22. The van der Waals surface area contributed by atoms with Gasteiger partial charge in [-0.1, -0.05) is 25.4 Å². The lowest BCUT2D eigenvalue weighted by Crippen LogP contribution is -2.48. The van der Waals surface area contributed by atoms with Crippen LogP contribution in [0.2, 0.25) is 5.15 Å². The summed E-state index contributed by atoms with van der Waals surface area (Å²) in [4.78, 5) is 16.1. The van der Waals surface area contributed by atoms with Crippen LogP contribution in [0.3, 0.4) is 0 Å². The standard InChI is InChI=1S/C12H15ClN2O2/c1-7(2)10-3-8(4-11(13)15-10)12(16)14-9-5-17-6-9/h3-4,7,9H,5-6H2,1-2H3,(H,14,16). The van der Waals surface area contributed by atoms with Gasteiger partial charge in [-0.05, 0) is 18.1 Å². The SMILES string of the molecule is CC(C)c1cc(C(=O)NC2COC2)cc(Cl)n1. The predicted octanol–water partition coefficient (Wildman–Crippen LogP) is 1.99. The first-order valence-electron chi connectivity index (χ1n) is 5.62. The molecule has 2 heterocycles. The van der Waals surface area contributed by atoms with E-state index in [1.807, 2.05) is 13.8 Å². The summed E-state index contributed by atoms with van der Waals surface area (Å²) in [5.74, 6) is 0.122. The molecule has 1 fully saturated rings. The zero-order valence-electron chi connectivity index (χ0n) is 9.87. The largest absolute Gasteiger partial charge is 0.377 e. The van der Waals surface area contributed by atoms with Crippen LogP contribution in [-0.4, -0.2) is 30.1 Å². The van der Waals surface area contributed by atoms with E-state index in [0.717, 1.165) is 5.69 Å². The molecule has 0 aromatic carbocycles. The molecule has 0 atom stereocenters. The lowest BCUT2D eigenvalue weighted by atomic mass is 10.1. The topological polar surface area (TPSA) is 51.2 Å². The third-order valence-electron chi connectivity index (χ3n) is 2.64. The van der Waals surface area contributed by atoms with Crippen LogP contribution in [0.1, 0.15) is 35.8 Å². The molecule has 1 N–H and O–H groups in total. The third-order valence-corrected chi connectivity index (χ3v) is 2.83. The Morgan fingerprint density at radius 3 is 2.76 bits per heavy atom. The maximum Gasteiger partial charge on any atom is 0.251 e. The fourth-order valence-corrected chi connectivity index (χ4v) is 1.75. The number of amides is 1. The van der Waals surface area contributed by atoms with Gasteiger partial charge in [-0.2, -0.15) is 0 Å². The minimum Gasteiger partial charge on any atom is -0.377 e. The number of hydrogen-bond acceptors (Lipinski definition) is 3. The van der Waals surface area contributed by atoms with E-state index in [-0.39, 0.29) is 17.9 Å². The second-order valence-electron chi connectivity index (χ2n) is 4.47. The van der Waals surface area contributed by atoms with Crippen molar-refractivity contribution in [2.45, 2.75) is 25.8 Å². The van der Waals surface area contributed by atoms with Crippen LogP contribution >= 0.6 is 11.6 Å². The van der Waals surface area contributed by atoms with Crippen LogP contribution in [-0.2, 0) is 4.74 Å². The second-order valence-corrected chi connectivity index (χ2v) is 4.85. The maximum absolute atomic E-state index is 11.9. The quantitative estimate of drug-likeness (QED) is 0.840. The number of carbonyl (C=O) groups is 1. The van der Waals surface area contributed by atoms with Crippen LogP contribution in [0.5, 0.6) is 0 Å². The highest BCUT2D eigenvalue weighted by atomic mass is 35.5. The van der Waals surface area contributed by atoms with E-state index >= 15 is 0 Å². The monoisotopic (exact) mass is 254 g/mol. The van der Waals surface area contributed by atoms with Gasteiger partial charge in [0.25, 0.3) is 5.91 Å². The minimum absolute atomic E-state index is 0.121. The van der Waals surface area contributed by atoms with E-state index in [1.165, 1.54) is 0 Å². The Morgan fingerprint density at radius 1 is 1.53 bits per heavy atom. The number of carbonyl (C=O) groups excluding carboxylic acids is 1. The Labute approximate surface area is 105 Å². The van der Waals surface area contributed by atoms with Crippen molar-refractivity contribution in [3.8, 4) is 0 Å². The predicted molar refractivity (Wildman–Crippen MR) is 65.4 cm³/mol. The van der Waals surface area contributed by atoms with Crippen molar-refractivity contribution in [3.63, 3.8) is 0 Å². The van der Waals surface area contributed by atoms with Crippen LogP contribution in [0.4, 0.5) is 0 Å². The van der Waals surface area contributed by atoms with Gasteiger partial charge >= 0.3 is 0 Å². The first-order valence-corrected chi connectivity index (χ1v) is 6.00. The number of ether oxygens (including phenoxy) is 1. The van der Waals surface area contributed by atoms with Gasteiger partial charge < -0.3 is 10.1 Å². The summed E-state index contributed by atoms with van der Waals surface area (Å²) in [5, 5.41) is 3.23. The highest BCUT2D eigenvalue weighted by Gasteiger charge is 2.21. The molecule has 0 spiro atoms. The molecule has 1 saturated heterocycles. The molecule has 17 heavy (non-hydrogen) atoms. The van der Waals surface area contributed by atoms with Gasteiger partial charge in [0.2, 0.25) is 0 Å². The molecule has 0 unspecified atom stereocenters. The molecule has 0 aliphatic carbocycles. The fourth-order valence-electron chi connectivity index (χ4n) is 1.53. The molecule has 5 heteroatoms. The van der Waals surface area contributed by atoms with Gasteiger partial charge in [0.05, 0.1) is 19.3 Å². The van der Waals surface area contributed by atoms with Gasteiger partial charge in [0.15, 0.2) is 0 Å². The Hall–Kier alpha value is -1.13. The summed E-state index contributed by atoms with van der Waals surface area (Å²) in [7, 11) is 0. The molecular weight excluding hydrogens is 240 g/mol. The minimum atomic E-state index is -0.121. The summed E-state index contributed by atoms with van der Waals surface area (Å²) >= 11 is 5.91. The molecule has 1 aromatic rings. The molecule has 2 rings (SSSR count). The highest BCUT2D eigenvalue weighted by Crippen LogP contribution is 2.18. The Bertz CT molecular complexity index is 431. The van der Waals surface area contributed by atoms with E-state index in [9.17, 15) is 4.79 Å². The molecule has 1 amide bonds. The lowest BCUT2D eigenvalue weighted by Gasteiger charge is -2.26.